The van der Waals surface area contributed by atoms with Gasteiger partial charge in [-0.25, -0.2) is 4.39 Å². The molecular weight excluding hydrogens is 427 g/mol. The van der Waals surface area contributed by atoms with Gasteiger partial charge in [0.25, 0.3) is 0 Å². The van der Waals surface area contributed by atoms with Gasteiger partial charge < -0.3 is 4.74 Å². The number of hydrogen-bond acceptors (Lipinski definition) is 3. The molecule has 3 aromatic rings. The highest BCUT2D eigenvalue weighted by atomic mass is 79.9. The van der Waals surface area contributed by atoms with E-state index >= 15 is 0 Å². The maximum Gasteiger partial charge on any atom is 0.141 e. The van der Waals surface area contributed by atoms with Gasteiger partial charge in [-0.3, -0.25) is 0 Å². The number of rotatable bonds is 3. The van der Waals surface area contributed by atoms with Crippen molar-refractivity contribution in [3.05, 3.63) is 50.4 Å². The lowest BCUT2D eigenvalue weighted by atomic mass is 10.1. The Hall–Kier alpha value is -0.430. The number of fused-ring (bicyclic) bond motifs is 1. The molecule has 2 aromatic heterocycles. The van der Waals surface area contributed by atoms with Gasteiger partial charge in [0.2, 0.25) is 0 Å². The molecule has 6 heteroatoms. The van der Waals surface area contributed by atoms with Gasteiger partial charge in [-0.2, -0.15) is 0 Å². The summed E-state index contributed by atoms with van der Waals surface area (Å²) in [5.74, 6) is 0.224. The van der Waals surface area contributed by atoms with Gasteiger partial charge in [0, 0.05) is 25.9 Å². The van der Waals surface area contributed by atoms with Crippen molar-refractivity contribution in [1.82, 2.24) is 0 Å². The summed E-state index contributed by atoms with van der Waals surface area (Å²) in [5, 5.41) is 2.09. The quantitative estimate of drug-likeness (QED) is 0.435. The van der Waals surface area contributed by atoms with E-state index in [1.54, 1.807) is 35.8 Å². The summed E-state index contributed by atoms with van der Waals surface area (Å²) in [6.07, 6.45) is 0. The van der Waals surface area contributed by atoms with Crippen molar-refractivity contribution in [2.45, 2.75) is 4.83 Å². The van der Waals surface area contributed by atoms with Gasteiger partial charge in [-0.1, -0.05) is 15.9 Å². The summed E-state index contributed by atoms with van der Waals surface area (Å²) >= 11 is 10.4. The van der Waals surface area contributed by atoms with Gasteiger partial charge >= 0.3 is 0 Å². The van der Waals surface area contributed by atoms with Crippen LogP contribution in [0.2, 0.25) is 0 Å². The van der Waals surface area contributed by atoms with E-state index < -0.39 is 0 Å². The minimum Gasteiger partial charge on any atom is -0.496 e. The topological polar surface area (TPSA) is 9.23 Å². The fourth-order valence-electron chi connectivity index (χ4n) is 1.98. The Kier molecular flexibility index (Phi) is 4.17. The molecule has 0 aliphatic carbocycles. The number of alkyl halides is 1. The summed E-state index contributed by atoms with van der Waals surface area (Å²) in [5.41, 5.74) is 0.912. The molecule has 0 N–H and O–H groups in total. The Morgan fingerprint density at radius 2 is 2.05 bits per heavy atom. The van der Waals surface area contributed by atoms with Crippen LogP contribution in [0.1, 0.15) is 15.3 Å². The highest BCUT2D eigenvalue weighted by Crippen LogP contribution is 2.43. The van der Waals surface area contributed by atoms with Crippen molar-refractivity contribution in [2.75, 3.05) is 7.11 Å². The molecule has 0 saturated heterocycles. The zero-order chi connectivity index (χ0) is 14.3. The van der Waals surface area contributed by atoms with Gasteiger partial charge in [-0.15, -0.1) is 22.7 Å². The molecule has 0 fully saturated rings. The van der Waals surface area contributed by atoms with Crippen LogP contribution in [0, 0.1) is 5.82 Å². The summed E-state index contributed by atoms with van der Waals surface area (Å²) in [4.78, 5) is 1.17. The van der Waals surface area contributed by atoms with Crippen molar-refractivity contribution < 1.29 is 9.13 Å². The fourth-order valence-corrected chi connectivity index (χ4v) is 5.23. The molecule has 0 aliphatic rings. The predicted molar refractivity (Wildman–Crippen MR) is 91.1 cm³/mol. The maximum absolute atomic E-state index is 13.6. The third-order valence-electron chi connectivity index (χ3n) is 2.95. The highest BCUT2D eigenvalue weighted by molar-refractivity contribution is 9.10. The van der Waals surface area contributed by atoms with E-state index in [9.17, 15) is 4.39 Å². The first-order chi connectivity index (χ1) is 9.60. The predicted octanol–water partition coefficient (Wildman–Crippen LogP) is 6.36. The molecule has 0 saturated carbocycles. The first kappa shape index (κ1) is 14.5. The number of halogens is 3. The lowest BCUT2D eigenvalue weighted by Crippen LogP contribution is -1.97. The first-order valence-corrected chi connectivity index (χ1v) is 9.14. The summed E-state index contributed by atoms with van der Waals surface area (Å²) < 4.78 is 21.9. The SMILES string of the molecule is COc1cc(F)c(Br)cc1C(Br)c1cc2sccc2s1. The smallest absolute Gasteiger partial charge is 0.141 e. The van der Waals surface area contributed by atoms with E-state index in [1.165, 1.54) is 20.3 Å². The molecule has 1 aromatic carbocycles. The van der Waals surface area contributed by atoms with Crippen molar-refractivity contribution >= 4 is 63.9 Å². The average Bonchev–Trinajstić information content (AvgIpc) is 3.01. The van der Waals surface area contributed by atoms with Crippen LogP contribution in [0.25, 0.3) is 9.40 Å². The molecule has 0 aliphatic heterocycles. The van der Waals surface area contributed by atoms with Gasteiger partial charge in [-0.05, 0) is 39.5 Å². The summed E-state index contributed by atoms with van der Waals surface area (Å²) in [7, 11) is 1.55. The summed E-state index contributed by atoms with van der Waals surface area (Å²) in [6, 6.07) is 7.46. The number of methoxy groups -OCH3 is 1. The second kappa shape index (κ2) is 5.75. The van der Waals surface area contributed by atoms with E-state index in [1.807, 2.05) is 0 Å². The van der Waals surface area contributed by atoms with Crippen LogP contribution in [-0.4, -0.2) is 7.11 Å². The lowest BCUT2D eigenvalue weighted by Gasteiger charge is -2.14. The van der Waals surface area contributed by atoms with Crippen LogP contribution in [-0.2, 0) is 0 Å². The average molecular weight is 436 g/mol. The molecule has 1 unspecified atom stereocenters. The third-order valence-corrected chi connectivity index (χ3v) is 7.01. The Bertz CT molecular complexity index is 737. The van der Waals surface area contributed by atoms with E-state index in [4.69, 9.17) is 4.74 Å². The number of hydrogen-bond donors (Lipinski definition) is 0. The molecule has 1 nitrogen and oxygen atoms in total. The molecule has 1 atom stereocenters. The summed E-state index contributed by atoms with van der Waals surface area (Å²) in [6.45, 7) is 0. The van der Waals surface area contributed by atoms with Crippen molar-refractivity contribution in [3.63, 3.8) is 0 Å². The molecule has 0 radical (unpaired) electrons. The minimum absolute atomic E-state index is 0.0149. The second-order valence-corrected chi connectivity index (χ2v) is 8.00. The van der Waals surface area contributed by atoms with Crippen molar-refractivity contribution in [1.29, 1.82) is 0 Å². The molecule has 0 spiro atoms. The van der Waals surface area contributed by atoms with Gasteiger partial charge in [0.15, 0.2) is 0 Å². The molecular formula is C14H9Br2FOS2. The maximum atomic E-state index is 13.6. The van der Waals surface area contributed by atoms with Crippen LogP contribution in [0.5, 0.6) is 5.75 Å². The Labute approximate surface area is 140 Å². The van der Waals surface area contributed by atoms with Crippen LogP contribution in [0.15, 0.2) is 34.1 Å². The number of benzene rings is 1. The Balaban J connectivity index is 2.07. The van der Waals surface area contributed by atoms with Gasteiger partial charge in [0.1, 0.15) is 11.6 Å². The van der Waals surface area contributed by atoms with E-state index in [2.05, 4.69) is 49.4 Å². The second-order valence-electron chi connectivity index (χ2n) is 4.17. The molecule has 0 bridgehead atoms. The van der Waals surface area contributed by atoms with Crippen molar-refractivity contribution in [2.24, 2.45) is 0 Å². The molecule has 2 heterocycles. The third kappa shape index (κ3) is 2.54. The molecule has 3 rings (SSSR count). The monoisotopic (exact) mass is 434 g/mol. The fraction of sp³-hybridized carbons (Fsp3) is 0.143. The van der Waals surface area contributed by atoms with Crippen LogP contribution < -0.4 is 4.74 Å². The number of thiophene rings is 2. The highest BCUT2D eigenvalue weighted by Gasteiger charge is 2.20. The molecule has 20 heavy (non-hydrogen) atoms. The first-order valence-electron chi connectivity index (χ1n) is 5.74. The Morgan fingerprint density at radius 3 is 2.75 bits per heavy atom. The largest absolute Gasteiger partial charge is 0.496 e. The van der Waals surface area contributed by atoms with Crippen molar-refractivity contribution in [3.8, 4) is 5.75 Å². The van der Waals surface area contributed by atoms with Crippen LogP contribution in [0.3, 0.4) is 0 Å². The molecule has 104 valence electrons. The Morgan fingerprint density at radius 1 is 1.25 bits per heavy atom. The standard InChI is InChI=1S/C14H9Br2FOS2/c1-18-10-5-9(17)8(15)4-7(10)14(16)13-6-12-11(20-13)2-3-19-12/h2-6,14H,1H3. The normalized spacial score (nSPS) is 12.8. The zero-order valence-corrected chi connectivity index (χ0v) is 15.1. The molecule has 0 amide bonds. The van der Waals surface area contributed by atoms with Crippen LogP contribution in [0.4, 0.5) is 4.39 Å². The van der Waals surface area contributed by atoms with Gasteiger partial charge in [0.05, 0.1) is 16.4 Å². The zero-order valence-electron chi connectivity index (χ0n) is 10.3. The van der Waals surface area contributed by atoms with E-state index in [0.29, 0.717) is 10.2 Å². The van der Waals surface area contributed by atoms with E-state index in [-0.39, 0.29) is 10.6 Å². The lowest BCUT2D eigenvalue weighted by molar-refractivity contribution is 0.406. The number of ether oxygens (including phenoxy) is 1. The van der Waals surface area contributed by atoms with E-state index in [0.717, 1.165) is 5.56 Å². The minimum atomic E-state index is -0.322. The van der Waals surface area contributed by atoms with Crippen LogP contribution >= 0.6 is 54.5 Å².